The van der Waals surface area contributed by atoms with Crippen LogP contribution in [0.15, 0.2) is 47.5 Å². The van der Waals surface area contributed by atoms with Crippen LogP contribution in [0.1, 0.15) is 28.4 Å². The van der Waals surface area contributed by atoms with Crippen molar-refractivity contribution in [1.29, 1.82) is 0 Å². The maximum absolute atomic E-state index is 12.5. The number of hydrogen-bond donors (Lipinski definition) is 2. The minimum atomic E-state index is -2.91. The second kappa shape index (κ2) is 12.5. The molecular weight excluding hydrogens is 418 g/mol. The standard InChI is InChI=1S/C23H30F2N4O3/c1-5-31-20-14-17(9-10-19(20)32-22(24)25)15-28-23(26-2)27-12-11-16-7-6-8-18(13-16)21(30)29(3)4/h6-10,13-14,22H,5,11-12,15H2,1-4H3,(H2,26,27,28). The van der Waals surface area contributed by atoms with Crippen molar-refractivity contribution in [3.63, 3.8) is 0 Å². The Morgan fingerprint density at radius 1 is 1.09 bits per heavy atom. The molecule has 0 radical (unpaired) electrons. The molecule has 1 amide bonds. The van der Waals surface area contributed by atoms with Gasteiger partial charge in [0.25, 0.3) is 5.91 Å². The first kappa shape index (κ1) is 24.9. The Balaban J connectivity index is 1.90. The Morgan fingerprint density at radius 3 is 2.53 bits per heavy atom. The van der Waals surface area contributed by atoms with Gasteiger partial charge in [0.2, 0.25) is 0 Å². The first-order chi connectivity index (χ1) is 15.3. The maximum Gasteiger partial charge on any atom is 0.387 e. The molecule has 7 nitrogen and oxygen atoms in total. The highest BCUT2D eigenvalue weighted by atomic mass is 19.3. The molecule has 0 bridgehead atoms. The lowest BCUT2D eigenvalue weighted by Gasteiger charge is -2.15. The first-order valence-corrected chi connectivity index (χ1v) is 10.3. The van der Waals surface area contributed by atoms with E-state index in [1.807, 2.05) is 18.2 Å². The van der Waals surface area contributed by atoms with Crippen molar-refractivity contribution in [3.8, 4) is 11.5 Å². The summed E-state index contributed by atoms with van der Waals surface area (Å²) in [6.07, 6.45) is 0.712. The van der Waals surface area contributed by atoms with Crippen LogP contribution in [0.5, 0.6) is 11.5 Å². The first-order valence-electron chi connectivity index (χ1n) is 10.3. The van der Waals surface area contributed by atoms with Crippen molar-refractivity contribution in [2.24, 2.45) is 4.99 Å². The number of ether oxygens (including phenoxy) is 2. The smallest absolute Gasteiger partial charge is 0.387 e. The van der Waals surface area contributed by atoms with Crippen molar-refractivity contribution in [1.82, 2.24) is 15.5 Å². The van der Waals surface area contributed by atoms with Gasteiger partial charge in [0.05, 0.1) is 6.61 Å². The fourth-order valence-corrected chi connectivity index (χ4v) is 2.97. The fraction of sp³-hybridized carbons (Fsp3) is 0.391. The SMILES string of the molecule is CCOc1cc(CNC(=NC)NCCc2cccc(C(=O)N(C)C)c2)ccc1OC(F)F. The molecule has 2 aromatic rings. The van der Waals surface area contributed by atoms with Crippen LogP contribution >= 0.6 is 0 Å². The third-order valence-corrected chi connectivity index (χ3v) is 4.49. The number of benzene rings is 2. The minimum absolute atomic E-state index is 0.00286. The number of nitrogens with zero attached hydrogens (tertiary/aromatic N) is 2. The third kappa shape index (κ3) is 7.72. The molecular formula is C23H30F2N4O3. The van der Waals surface area contributed by atoms with Gasteiger partial charge in [-0.3, -0.25) is 9.79 Å². The average molecular weight is 449 g/mol. The molecule has 0 atom stereocenters. The van der Waals surface area contributed by atoms with Crippen LogP contribution in [0.25, 0.3) is 0 Å². The Morgan fingerprint density at radius 2 is 1.88 bits per heavy atom. The summed E-state index contributed by atoms with van der Waals surface area (Å²) in [5.41, 5.74) is 2.52. The predicted molar refractivity (Wildman–Crippen MR) is 121 cm³/mol. The van der Waals surface area contributed by atoms with Crippen LogP contribution in [-0.4, -0.2) is 57.7 Å². The Bertz CT molecular complexity index is 920. The lowest BCUT2D eigenvalue weighted by Crippen LogP contribution is -2.37. The van der Waals surface area contributed by atoms with Crippen LogP contribution < -0.4 is 20.1 Å². The topological polar surface area (TPSA) is 75.2 Å². The number of alkyl halides is 2. The van der Waals surface area contributed by atoms with Crippen molar-refractivity contribution in [2.75, 3.05) is 34.3 Å². The number of rotatable bonds is 10. The molecule has 0 aliphatic rings. The van der Waals surface area contributed by atoms with Crippen molar-refractivity contribution in [3.05, 3.63) is 59.2 Å². The number of guanidine groups is 1. The molecule has 2 rings (SSSR count). The zero-order valence-electron chi connectivity index (χ0n) is 18.8. The molecule has 2 N–H and O–H groups in total. The van der Waals surface area contributed by atoms with Crippen LogP contribution in [0, 0.1) is 0 Å². The van der Waals surface area contributed by atoms with E-state index >= 15 is 0 Å². The molecule has 0 spiro atoms. The number of hydrogen-bond acceptors (Lipinski definition) is 4. The highest BCUT2D eigenvalue weighted by Gasteiger charge is 2.12. The number of carbonyl (C=O) groups is 1. The molecule has 174 valence electrons. The van der Waals surface area contributed by atoms with Crippen molar-refractivity contribution in [2.45, 2.75) is 26.5 Å². The number of nitrogens with one attached hydrogen (secondary N) is 2. The summed E-state index contributed by atoms with van der Waals surface area (Å²) < 4.78 is 35.0. The van der Waals surface area contributed by atoms with E-state index in [4.69, 9.17) is 4.74 Å². The third-order valence-electron chi connectivity index (χ3n) is 4.49. The summed E-state index contributed by atoms with van der Waals surface area (Å²) in [5, 5.41) is 6.40. The Hall–Kier alpha value is -3.36. The van der Waals surface area contributed by atoms with Gasteiger partial charge in [-0.2, -0.15) is 8.78 Å². The molecule has 0 fully saturated rings. The zero-order chi connectivity index (χ0) is 23.5. The molecule has 0 aliphatic carbocycles. The summed E-state index contributed by atoms with van der Waals surface area (Å²) >= 11 is 0. The minimum Gasteiger partial charge on any atom is -0.490 e. The van der Waals surface area contributed by atoms with Gasteiger partial charge in [-0.15, -0.1) is 0 Å². The average Bonchev–Trinajstić information content (AvgIpc) is 2.77. The summed E-state index contributed by atoms with van der Waals surface area (Å²) in [4.78, 5) is 17.9. The number of carbonyl (C=O) groups excluding carboxylic acids is 1. The van der Waals surface area contributed by atoms with E-state index < -0.39 is 6.61 Å². The van der Waals surface area contributed by atoms with E-state index in [0.29, 0.717) is 37.6 Å². The molecule has 32 heavy (non-hydrogen) atoms. The van der Waals surface area contributed by atoms with Gasteiger partial charge in [0.1, 0.15) is 0 Å². The molecule has 0 saturated carbocycles. The van der Waals surface area contributed by atoms with Gasteiger partial charge in [-0.05, 0) is 48.7 Å². The molecule has 9 heteroatoms. The van der Waals surface area contributed by atoms with Crippen molar-refractivity contribution >= 4 is 11.9 Å². The van der Waals surface area contributed by atoms with Gasteiger partial charge in [-0.1, -0.05) is 18.2 Å². The van der Waals surface area contributed by atoms with Crippen LogP contribution in [-0.2, 0) is 13.0 Å². The quantitative estimate of drug-likeness (QED) is 0.431. The summed E-state index contributed by atoms with van der Waals surface area (Å²) in [6, 6.07) is 12.3. The molecule has 0 saturated heterocycles. The van der Waals surface area contributed by atoms with Crippen molar-refractivity contribution < 1.29 is 23.0 Å². The normalized spacial score (nSPS) is 11.3. The molecule has 0 aliphatic heterocycles. The zero-order valence-corrected chi connectivity index (χ0v) is 18.8. The highest BCUT2D eigenvalue weighted by molar-refractivity contribution is 5.94. The molecule has 0 aromatic heterocycles. The lowest BCUT2D eigenvalue weighted by atomic mass is 10.1. The van der Waals surface area contributed by atoms with E-state index in [1.54, 1.807) is 51.2 Å². The lowest BCUT2D eigenvalue weighted by molar-refractivity contribution is -0.0514. The van der Waals surface area contributed by atoms with E-state index in [-0.39, 0.29) is 17.4 Å². The van der Waals surface area contributed by atoms with E-state index in [0.717, 1.165) is 11.1 Å². The van der Waals surface area contributed by atoms with Gasteiger partial charge < -0.3 is 25.0 Å². The Kier molecular flexibility index (Phi) is 9.72. The second-order valence-electron chi connectivity index (χ2n) is 7.10. The monoisotopic (exact) mass is 448 g/mol. The van der Waals surface area contributed by atoms with Gasteiger partial charge in [-0.25, -0.2) is 0 Å². The van der Waals surface area contributed by atoms with E-state index in [1.165, 1.54) is 6.07 Å². The molecule has 0 unspecified atom stereocenters. The predicted octanol–water partition coefficient (Wildman–Crippen LogP) is 3.30. The van der Waals surface area contributed by atoms with Crippen LogP contribution in [0.2, 0.25) is 0 Å². The van der Waals surface area contributed by atoms with Gasteiger partial charge in [0, 0.05) is 39.8 Å². The fourth-order valence-electron chi connectivity index (χ4n) is 2.97. The molecule has 0 heterocycles. The van der Waals surface area contributed by atoms with Gasteiger partial charge in [0.15, 0.2) is 17.5 Å². The Labute approximate surface area is 187 Å². The summed E-state index contributed by atoms with van der Waals surface area (Å²) in [6.45, 7) is 0.227. The van der Waals surface area contributed by atoms with Gasteiger partial charge >= 0.3 is 6.61 Å². The van der Waals surface area contributed by atoms with Crippen LogP contribution in [0.3, 0.4) is 0 Å². The number of amides is 1. The summed E-state index contributed by atoms with van der Waals surface area (Å²) in [5.74, 6) is 0.829. The van der Waals surface area contributed by atoms with E-state index in [9.17, 15) is 13.6 Å². The summed E-state index contributed by atoms with van der Waals surface area (Å²) in [7, 11) is 5.11. The highest BCUT2D eigenvalue weighted by Crippen LogP contribution is 2.29. The number of halogens is 2. The van der Waals surface area contributed by atoms with Crippen LogP contribution in [0.4, 0.5) is 8.78 Å². The largest absolute Gasteiger partial charge is 0.490 e. The second-order valence-corrected chi connectivity index (χ2v) is 7.10. The molecule has 2 aromatic carbocycles. The van der Waals surface area contributed by atoms with E-state index in [2.05, 4.69) is 20.4 Å². The maximum atomic E-state index is 12.5. The number of aliphatic imine (C=N–C) groups is 1.